The number of carboxylic acids is 1. The topological polar surface area (TPSA) is 98.7 Å². The molecule has 0 bridgehead atoms. The molecular weight excluding hydrogens is 430 g/mol. The van der Waals surface area contributed by atoms with Crippen LogP contribution in [-0.4, -0.2) is 60.0 Å². The second-order valence-electron chi connectivity index (χ2n) is 11.0. The minimum absolute atomic E-state index is 0.0124. The van der Waals surface area contributed by atoms with Gasteiger partial charge in [0.25, 0.3) is 0 Å². The van der Waals surface area contributed by atoms with Crippen LogP contribution >= 0.6 is 0 Å². The molecule has 0 saturated heterocycles. The molecule has 7 heteroatoms. The molecule has 3 unspecified atom stereocenters. The second-order valence-corrected chi connectivity index (χ2v) is 11.0. The molecule has 0 spiro atoms. The molecule has 0 aliphatic rings. The van der Waals surface area contributed by atoms with E-state index in [0.717, 1.165) is 5.56 Å². The van der Waals surface area contributed by atoms with Gasteiger partial charge in [0.15, 0.2) is 0 Å². The van der Waals surface area contributed by atoms with Crippen LogP contribution in [0.5, 0.6) is 0 Å². The predicted molar refractivity (Wildman–Crippen MR) is 136 cm³/mol. The average Bonchev–Trinajstić information content (AvgIpc) is 2.74. The monoisotopic (exact) mass is 473 g/mol. The first-order valence-corrected chi connectivity index (χ1v) is 11.8. The number of hydrogen-bond donors (Lipinski definition) is 3. The predicted octanol–water partition coefficient (Wildman–Crippen LogP) is 3.60. The van der Waals surface area contributed by atoms with Crippen molar-refractivity contribution in [3.05, 3.63) is 47.5 Å². The SMILES string of the molecule is CNC(C(=O)NC(C(=O)N(C)C(/C=C(\C)C(=O)O)C(C)C)C(C)(C)C)C(C)(C)c1ccccc1. The van der Waals surface area contributed by atoms with Gasteiger partial charge in [0.2, 0.25) is 11.8 Å². The van der Waals surface area contributed by atoms with Gasteiger partial charge in [-0.25, -0.2) is 4.79 Å². The van der Waals surface area contributed by atoms with Crippen molar-refractivity contribution in [2.45, 2.75) is 78.9 Å². The highest BCUT2D eigenvalue weighted by Gasteiger charge is 2.41. The Labute approximate surface area is 205 Å². The molecule has 2 amide bonds. The Balaban J connectivity index is 3.29. The normalized spacial score (nSPS) is 15.4. The Bertz CT molecular complexity index is 885. The van der Waals surface area contributed by atoms with E-state index >= 15 is 0 Å². The van der Waals surface area contributed by atoms with E-state index < -0.39 is 34.9 Å². The first-order valence-electron chi connectivity index (χ1n) is 11.8. The van der Waals surface area contributed by atoms with Gasteiger partial charge in [-0.1, -0.05) is 84.9 Å². The molecule has 1 rings (SSSR count). The summed E-state index contributed by atoms with van der Waals surface area (Å²) in [5.41, 5.74) is 0.0895. The quantitative estimate of drug-likeness (QED) is 0.451. The highest BCUT2D eigenvalue weighted by atomic mass is 16.4. The standard InChI is InChI=1S/C27H43N3O4/c1-17(2)20(16-18(3)25(33)34)30(10)24(32)22(26(4,5)6)29-23(31)21(28-9)27(7,8)19-14-12-11-13-15-19/h11-17,20-22,28H,1-10H3,(H,29,31)(H,33,34)/b18-16+. The smallest absolute Gasteiger partial charge is 0.331 e. The summed E-state index contributed by atoms with van der Waals surface area (Å²) in [6.45, 7) is 15.1. The van der Waals surface area contributed by atoms with Crippen molar-refractivity contribution < 1.29 is 19.5 Å². The Kier molecular flexibility index (Phi) is 10.1. The van der Waals surface area contributed by atoms with E-state index in [4.69, 9.17) is 0 Å². The lowest BCUT2D eigenvalue weighted by Gasteiger charge is -2.39. The molecule has 0 radical (unpaired) electrons. The molecule has 0 aliphatic carbocycles. The van der Waals surface area contributed by atoms with Gasteiger partial charge in [0.05, 0.1) is 12.1 Å². The van der Waals surface area contributed by atoms with Gasteiger partial charge >= 0.3 is 5.97 Å². The fourth-order valence-corrected chi connectivity index (χ4v) is 4.16. The average molecular weight is 474 g/mol. The molecule has 0 aromatic heterocycles. The van der Waals surface area contributed by atoms with E-state index in [0.29, 0.717) is 0 Å². The number of carbonyl (C=O) groups is 3. The molecule has 3 atom stereocenters. The third-order valence-electron chi connectivity index (χ3n) is 6.43. The van der Waals surface area contributed by atoms with Crippen molar-refractivity contribution in [1.29, 1.82) is 0 Å². The van der Waals surface area contributed by atoms with Crippen LogP contribution in [0.15, 0.2) is 42.0 Å². The summed E-state index contributed by atoms with van der Waals surface area (Å²) >= 11 is 0. The molecule has 190 valence electrons. The summed E-state index contributed by atoms with van der Waals surface area (Å²) < 4.78 is 0. The summed E-state index contributed by atoms with van der Waals surface area (Å²) in [5, 5.41) is 15.5. The summed E-state index contributed by atoms with van der Waals surface area (Å²) in [4.78, 5) is 40.1. The maximum atomic E-state index is 13.7. The molecule has 0 aliphatic heterocycles. The van der Waals surface area contributed by atoms with E-state index in [1.807, 2.05) is 78.8 Å². The fourth-order valence-electron chi connectivity index (χ4n) is 4.16. The molecule has 0 fully saturated rings. The van der Waals surface area contributed by atoms with Crippen LogP contribution in [0.2, 0.25) is 0 Å². The summed E-state index contributed by atoms with van der Waals surface area (Å²) in [6, 6.07) is 7.99. The minimum atomic E-state index is -1.02. The van der Waals surface area contributed by atoms with E-state index in [-0.39, 0.29) is 23.3 Å². The zero-order chi connectivity index (χ0) is 26.4. The summed E-state index contributed by atoms with van der Waals surface area (Å²) in [5.74, 6) is -1.56. The molecule has 34 heavy (non-hydrogen) atoms. The fraction of sp³-hybridized carbons (Fsp3) is 0.593. The van der Waals surface area contributed by atoms with Gasteiger partial charge in [0.1, 0.15) is 6.04 Å². The van der Waals surface area contributed by atoms with Crippen LogP contribution in [0.25, 0.3) is 0 Å². The second kappa shape index (κ2) is 11.6. The summed E-state index contributed by atoms with van der Waals surface area (Å²) in [6.07, 6.45) is 1.60. The number of aliphatic carboxylic acids is 1. The molecule has 1 aromatic carbocycles. The van der Waals surface area contributed by atoms with Gasteiger partial charge in [-0.2, -0.15) is 0 Å². The number of benzene rings is 1. The molecule has 0 saturated carbocycles. The highest BCUT2D eigenvalue weighted by Crippen LogP contribution is 2.29. The van der Waals surface area contributed by atoms with Crippen LogP contribution < -0.4 is 10.6 Å². The van der Waals surface area contributed by atoms with Crippen LogP contribution in [0.4, 0.5) is 0 Å². The maximum Gasteiger partial charge on any atom is 0.331 e. The van der Waals surface area contributed by atoms with Gasteiger partial charge in [0, 0.05) is 18.0 Å². The first-order chi connectivity index (χ1) is 15.5. The van der Waals surface area contributed by atoms with Crippen LogP contribution in [0.1, 0.15) is 61.0 Å². The molecular formula is C27H43N3O4. The number of rotatable bonds is 10. The minimum Gasteiger partial charge on any atom is -0.478 e. The molecule has 1 aromatic rings. The van der Waals surface area contributed by atoms with Crippen LogP contribution in [0.3, 0.4) is 0 Å². The van der Waals surface area contributed by atoms with E-state index in [1.165, 1.54) is 6.92 Å². The van der Waals surface area contributed by atoms with Gasteiger partial charge < -0.3 is 20.6 Å². The van der Waals surface area contributed by atoms with Crippen molar-refractivity contribution in [2.75, 3.05) is 14.1 Å². The van der Waals surface area contributed by atoms with Crippen LogP contribution in [-0.2, 0) is 19.8 Å². The van der Waals surface area contributed by atoms with Crippen molar-refractivity contribution >= 4 is 17.8 Å². The van der Waals surface area contributed by atoms with E-state index in [1.54, 1.807) is 25.1 Å². The van der Waals surface area contributed by atoms with E-state index in [9.17, 15) is 19.5 Å². The van der Waals surface area contributed by atoms with Gasteiger partial charge in [-0.3, -0.25) is 9.59 Å². The molecule has 3 N–H and O–H groups in total. The van der Waals surface area contributed by atoms with Gasteiger partial charge in [-0.05, 0) is 30.9 Å². The summed E-state index contributed by atoms with van der Waals surface area (Å²) in [7, 11) is 3.40. The Morgan fingerprint density at radius 3 is 1.94 bits per heavy atom. The lowest BCUT2D eigenvalue weighted by molar-refractivity contribution is -0.141. The van der Waals surface area contributed by atoms with Gasteiger partial charge in [-0.15, -0.1) is 0 Å². The van der Waals surface area contributed by atoms with E-state index in [2.05, 4.69) is 10.6 Å². The number of likely N-dealkylation sites (N-methyl/N-ethyl adjacent to an activating group) is 2. The number of amides is 2. The zero-order valence-corrected chi connectivity index (χ0v) is 22.4. The number of nitrogens with zero attached hydrogens (tertiary/aromatic N) is 1. The molecule has 7 nitrogen and oxygen atoms in total. The number of carboxylic acid groups (broad SMARTS) is 1. The van der Waals surface area contributed by atoms with Crippen molar-refractivity contribution in [3.8, 4) is 0 Å². The number of carbonyl (C=O) groups excluding carboxylic acids is 2. The Hall–Kier alpha value is -2.67. The lowest BCUT2D eigenvalue weighted by Crippen LogP contribution is -2.61. The lowest BCUT2D eigenvalue weighted by atomic mass is 9.76. The molecule has 0 heterocycles. The maximum absolute atomic E-state index is 13.7. The largest absolute Gasteiger partial charge is 0.478 e. The number of nitrogens with one attached hydrogen (secondary N) is 2. The first kappa shape index (κ1) is 29.4. The van der Waals surface area contributed by atoms with Crippen molar-refractivity contribution in [2.24, 2.45) is 11.3 Å². The Morgan fingerprint density at radius 1 is 1.00 bits per heavy atom. The third-order valence-corrected chi connectivity index (χ3v) is 6.43. The zero-order valence-electron chi connectivity index (χ0n) is 22.4. The number of hydrogen-bond acceptors (Lipinski definition) is 4. The highest BCUT2D eigenvalue weighted by molar-refractivity contribution is 5.91. The van der Waals surface area contributed by atoms with Crippen LogP contribution in [0, 0.1) is 11.3 Å². The third kappa shape index (κ3) is 7.16. The van der Waals surface area contributed by atoms with Crippen molar-refractivity contribution in [1.82, 2.24) is 15.5 Å². The Morgan fingerprint density at radius 2 is 1.53 bits per heavy atom. The van der Waals surface area contributed by atoms with Crippen molar-refractivity contribution in [3.63, 3.8) is 0 Å².